The van der Waals surface area contributed by atoms with Gasteiger partial charge in [0.15, 0.2) is 0 Å². The van der Waals surface area contributed by atoms with Crippen molar-refractivity contribution in [2.24, 2.45) is 0 Å². The van der Waals surface area contributed by atoms with Gasteiger partial charge in [-0.1, -0.05) is 72.3 Å². The van der Waals surface area contributed by atoms with E-state index in [2.05, 4.69) is 45.7 Å². The molecule has 2 atom stereocenters. The van der Waals surface area contributed by atoms with E-state index in [1.807, 2.05) is 53.2 Å². The second-order valence-corrected chi connectivity index (χ2v) is 7.75. The fraction of sp³-hybridized carbons (Fsp3) is 0.167. The first-order chi connectivity index (χ1) is 14.8. The van der Waals surface area contributed by atoms with Crippen molar-refractivity contribution in [3.8, 4) is 5.75 Å². The Balaban J connectivity index is 1.37. The van der Waals surface area contributed by atoms with Crippen LogP contribution >= 0.6 is 11.6 Å². The summed E-state index contributed by atoms with van der Waals surface area (Å²) in [5.41, 5.74) is 3.38. The second-order valence-electron chi connectivity index (χ2n) is 7.34. The van der Waals surface area contributed by atoms with E-state index in [0.29, 0.717) is 6.61 Å². The van der Waals surface area contributed by atoms with E-state index < -0.39 is 0 Å². The number of rotatable bonds is 5. The summed E-state index contributed by atoms with van der Waals surface area (Å²) in [6.45, 7) is 0.551. The molecule has 1 aliphatic heterocycles. The first-order valence-corrected chi connectivity index (χ1v) is 10.3. The molecule has 0 saturated heterocycles. The molecule has 150 valence electrons. The number of ether oxygens (including phenoxy) is 1. The third kappa shape index (κ3) is 3.76. The Morgan fingerprint density at radius 3 is 2.53 bits per heavy atom. The molecule has 6 heteroatoms. The van der Waals surface area contributed by atoms with Crippen molar-refractivity contribution in [1.82, 2.24) is 14.8 Å². The Morgan fingerprint density at radius 1 is 0.967 bits per heavy atom. The van der Waals surface area contributed by atoms with Gasteiger partial charge < -0.3 is 10.1 Å². The maximum Gasteiger partial charge on any atom is 0.222 e. The molecule has 0 radical (unpaired) electrons. The monoisotopic (exact) mass is 416 g/mol. The lowest BCUT2D eigenvalue weighted by atomic mass is 9.93. The molecule has 0 aliphatic carbocycles. The van der Waals surface area contributed by atoms with Crippen molar-refractivity contribution >= 4 is 17.5 Å². The summed E-state index contributed by atoms with van der Waals surface area (Å²) in [5.74, 6) is 1.60. The lowest BCUT2D eigenvalue weighted by Gasteiger charge is -2.32. The van der Waals surface area contributed by atoms with Crippen LogP contribution in [-0.4, -0.2) is 14.8 Å². The third-order valence-corrected chi connectivity index (χ3v) is 5.77. The fourth-order valence-corrected chi connectivity index (χ4v) is 4.15. The highest BCUT2D eigenvalue weighted by Crippen LogP contribution is 2.39. The van der Waals surface area contributed by atoms with Gasteiger partial charge >= 0.3 is 0 Å². The van der Waals surface area contributed by atoms with E-state index in [1.54, 1.807) is 6.33 Å². The molecule has 4 aromatic rings. The van der Waals surface area contributed by atoms with Crippen LogP contribution < -0.4 is 10.1 Å². The summed E-state index contributed by atoms with van der Waals surface area (Å²) in [4.78, 5) is 4.39. The number of nitrogens with zero attached hydrogens (tertiary/aromatic N) is 3. The number of anilines is 1. The summed E-state index contributed by atoms with van der Waals surface area (Å²) < 4.78 is 7.87. The summed E-state index contributed by atoms with van der Waals surface area (Å²) in [5, 5.41) is 8.66. The van der Waals surface area contributed by atoms with Crippen LogP contribution in [0.3, 0.4) is 0 Å². The number of fused-ring (bicyclic) bond motifs is 1. The Bertz CT molecular complexity index is 1130. The highest BCUT2D eigenvalue weighted by Gasteiger charge is 2.30. The zero-order valence-electron chi connectivity index (χ0n) is 16.3. The minimum Gasteiger partial charge on any atom is -0.489 e. The van der Waals surface area contributed by atoms with E-state index in [9.17, 15) is 0 Å². The van der Waals surface area contributed by atoms with Crippen molar-refractivity contribution in [2.75, 3.05) is 5.32 Å². The fourth-order valence-electron chi connectivity index (χ4n) is 3.89. The van der Waals surface area contributed by atoms with E-state index in [0.717, 1.165) is 39.8 Å². The third-order valence-electron chi connectivity index (χ3n) is 5.42. The number of hydrogen-bond donors (Lipinski definition) is 1. The summed E-state index contributed by atoms with van der Waals surface area (Å²) in [6, 6.07) is 26.5. The Morgan fingerprint density at radius 2 is 1.73 bits per heavy atom. The minimum atomic E-state index is 0.0631. The highest BCUT2D eigenvalue weighted by atomic mass is 35.5. The van der Waals surface area contributed by atoms with Crippen LogP contribution in [0, 0.1) is 0 Å². The predicted molar refractivity (Wildman–Crippen MR) is 118 cm³/mol. The molecule has 5 rings (SSSR count). The molecule has 1 aliphatic rings. The lowest BCUT2D eigenvalue weighted by Crippen LogP contribution is -2.28. The lowest BCUT2D eigenvalue weighted by molar-refractivity contribution is 0.306. The first-order valence-electron chi connectivity index (χ1n) is 9.95. The molecule has 0 fully saturated rings. The molecule has 30 heavy (non-hydrogen) atoms. The molecular formula is C24H21ClN4O. The van der Waals surface area contributed by atoms with Gasteiger partial charge in [-0.25, -0.2) is 4.68 Å². The smallest absolute Gasteiger partial charge is 0.222 e. The van der Waals surface area contributed by atoms with Gasteiger partial charge in [-0.15, -0.1) is 0 Å². The van der Waals surface area contributed by atoms with Gasteiger partial charge in [-0.3, -0.25) is 0 Å². The van der Waals surface area contributed by atoms with E-state index >= 15 is 0 Å². The van der Waals surface area contributed by atoms with Gasteiger partial charge in [-0.2, -0.15) is 10.1 Å². The molecule has 2 heterocycles. The number of halogens is 1. The largest absolute Gasteiger partial charge is 0.489 e. The van der Waals surface area contributed by atoms with Crippen LogP contribution in [0.2, 0.25) is 5.02 Å². The molecule has 0 saturated carbocycles. The second kappa shape index (κ2) is 8.20. The van der Waals surface area contributed by atoms with Crippen LogP contribution in [0.25, 0.3) is 0 Å². The van der Waals surface area contributed by atoms with Crippen LogP contribution in [0.4, 0.5) is 5.95 Å². The number of benzene rings is 3. The Kier molecular flexibility index (Phi) is 5.11. The van der Waals surface area contributed by atoms with E-state index in [1.165, 1.54) is 0 Å². The molecule has 3 aromatic carbocycles. The Labute approximate surface area is 180 Å². The summed E-state index contributed by atoms with van der Waals surface area (Å²) in [6.07, 6.45) is 2.41. The highest BCUT2D eigenvalue weighted by molar-refractivity contribution is 6.31. The zero-order chi connectivity index (χ0) is 20.3. The van der Waals surface area contributed by atoms with Crippen LogP contribution in [-0.2, 0) is 6.61 Å². The van der Waals surface area contributed by atoms with Crippen LogP contribution in [0.15, 0.2) is 85.2 Å². The van der Waals surface area contributed by atoms with Crippen LogP contribution in [0.1, 0.15) is 35.2 Å². The van der Waals surface area contributed by atoms with Crippen LogP contribution in [0.5, 0.6) is 5.75 Å². The quantitative estimate of drug-likeness (QED) is 0.456. The number of hydrogen-bond acceptors (Lipinski definition) is 4. The van der Waals surface area contributed by atoms with Crippen molar-refractivity contribution in [1.29, 1.82) is 0 Å². The van der Waals surface area contributed by atoms with Gasteiger partial charge in [0.1, 0.15) is 18.7 Å². The molecule has 0 spiro atoms. The number of aromatic nitrogens is 3. The first kappa shape index (κ1) is 18.7. The SMILES string of the molecule is Clc1ccccc1[C@H]1C[C@H](c2ccc(OCc3ccccc3)cc2)n2ncnc2N1. The molecular weight excluding hydrogens is 396 g/mol. The molecule has 0 unspecified atom stereocenters. The Hall–Kier alpha value is -3.31. The van der Waals surface area contributed by atoms with Gasteiger partial charge in [0.05, 0.1) is 12.1 Å². The average molecular weight is 417 g/mol. The number of nitrogens with one attached hydrogen (secondary N) is 1. The van der Waals surface area contributed by atoms with Crippen molar-refractivity contribution in [3.05, 3.63) is 107 Å². The molecule has 0 amide bonds. The van der Waals surface area contributed by atoms with Gasteiger partial charge in [-0.05, 0) is 41.3 Å². The summed E-state index contributed by atoms with van der Waals surface area (Å²) in [7, 11) is 0. The van der Waals surface area contributed by atoms with Gasteiger partial charge in [0, 0.05) is 5.02 Å². The summed E-state index contributed by atoms with van der Waals surface area (Å²) >= 11 is 6.46. The van der Waals surface area contributed by atoms with Gasteiger partial charge in [0.2, 0.25) is 5.95 Å². The molecule has 5 nitrogen and oxygen atoms in total. The maximum absolute atomic E-state index is 6.46. The zero-order valence-corrected chi connectivity index (χ0v) is 17.0. The standard InChI is InChI=1S/C24H21ClN4O/c25-21-9-5-4-8-20(21)22-14-23(29-24(28-22)26-16-27-29)18-10-12-19(13-11-18)30-15-17-6-2-1-3-7-17/h1-13,16,22-23H,14-15H2,(H,26,27,28)/t22-,23-/m1/s1. The van der Waals surface area contributed by atoms with E-state index in [4.69, 9.17) is 16.3 Å². The van der Waals surface area contributed by atoms with E-state index in [-0.39, 0.29) is 12.1 Å². The molecule has 1 aromatic heterocycles. The maximum atomic E-state index is 6.46. The molecule has 1 N–H and O–H groups in total. The molecule has 0 bridgehead atoms. The normalized spacial score (nSPS) is 17.8. The van der Waals surface area contributed by atoms with Crippen molar-refractivity contribution in [3.63, 3.8) is 0 Å². The van der Waals surface area contributed by atoms with Crippen molar-refractivity contribution in [2.45, 2.75) is 25.1 Å². The van der Waals surface area contributed by atoms with Crippen molar-refractivity contribution < 1.29 is 4.74 Å². The predicted octanol–water partition coefficient (Wildman–Crippen LogP) is 5.66. The topological polar surface area (TPSA) is 52.0 Å². The average Bonchev–Trinajstić information content (AvgIpc) is 3.27. The minimum absolute atomic E-state index is 0.0631. The van der Waals surface area contributed by atoms with Gasteiger partial charge in [0.25, 0.3) is 0 Å².